The minimum atomic E-state index is -0.498. The van der Waals surface area contributed by atoms with Gasteiger partial charge in [-0.15, -0.1) is 0 Å². The van der Waals surface area contributed by atoms with E-state index in [0.29, 0.717) is 6.04 Å². The molecule has 1 N–H and O–H groups in total. The minimum absolute atomic E-state index is 0.111. The minimum Gasteiger partial charge on any atom is -0.468 e. The average molecular weight is 282 g/mol. The Labute approximate surface area is 123 Å². The summed E-state index contributed by atoms with van der Waals surface area (Å²) in [4.78, 5) is 14.6. The highest BCUT2D eigenvalue weighted by molar-refractivity contribution is 5.80. The van der Waals surface area contributed by atoms with Gasteiger partial charge in [-0.3, -0.25) is 10.1 Å². The maximum atomic E-state index is 12.0. The van der Waals surface area contributed by atoms with Crippen molar-refractivity contribution < 1.29 is 9.53 Å². The molecule has 2 aliphatic rings. The first kappa shape index (κ1) is 15.8. The number of hydrogen-bond donors (Lipinski definition) is 1. The predicted octanol–water partition coefficient (Wildman–Crippen LogP) is 2.33. The van der Waals surface area contributed by atoms with Gasteiger partial charge in [-0.05, 0) is 65.1 Å². The molecule has 20 heavy (non-hydrogen) atoms. The van der Waals surface area contributed by atoms with Gasteiger partial charge < -0.3 is 9.64 Å². The number of nitrogens with zero attached hydrogens (tertiary/aromatic N) is 1. The van der Waals surface area contributed by atoms with Gasteiger partial charge in [0.2, 0.25) is 0 Å². The van der Waals surface area contributed by atoms with Gasteiger partial charge in [0.1, 0.15) is 5.54 Å². The summed E-state index contributed by atoms with van der Waals surface area (Å²) in [6, 6.07) is 0.525. The van der Waals surface area contributed by atoms with Crippen LogP contribution in [0.15, 0.2) is 0 Å². The standard InChI is InChI=1S/C16H30N2O2/c1-16(15(19)20-2,17-14-8-9-14)10-7-13-18-11-5-3-4-6-12-18/h14,17H,3-13H2,1-2H3. The molecule has 0 amide bonds. The van der Waals surface area contributed by atoms with Crippen LogP contribution in [0, 0.1) is 0 Å². The van der Waals surface area contributed by atoms with Crippen molar-refractivity contribution in [3.63, 3.8) is 0 Å². The Morgan fingerprint density at radius 1 is 1.25 bits per heavy atom. The zero-order chi connectivity index (χ0) is 14.4. The van der Waals surface area contributed by atoms with Gasteiger partial charge in [-0.2, -0.15) is 0 Å². The molecular weight excluding hydrogens is 252 g/mol. The average Bonchev–Trinajstić information content (AvgIpc) is 3.25. The van der Waals surface area contributed by atoms with E-state index in [-0.39, 0.29) is 5.97 Å². The van der Waals surface area contributed by atoms with Gasteiger partial charge in [0.15, 0.2) is 0 Å². The van der Waals surface area contributed by atoms with Crippen LogP contribution >= 0.6 is 0 Å². The number of likely N-dealkylation sites (tertiary alicyclic amines) is 1. The van der Waals surface area contributed by atoms with Crippen molar-refractivity contribution in [2.24, 2.45) is 0 Å². The molecule has 2 rings (SSSR count). The van der Waals surface area contributed by atoms with E-state index >= 15 is 0 Å². The van der Waals surface area contributed by atoms with Gasteiger partial charge in [0, 0.05) is 6.04 Å². The van der Waals surface area contributed by atoms with Crippen LogP contribution in [-0.4, -0.2) is 49.2 Å². The third kappa shape index (κ3) is 4.74. The zero-order valence-corrected chi connectivity index (χ0v) is 13.1. The summed E-state index contributed by atoms with van der Waals surface area (Å²) in [5.41, 5.74) is -0.498. The van der Waals surface area contributed by atoms with Crippen LogP contribution in [-0.2, 0) is 9.53 Å². The number of nitrogens with one attached hydrogen (secondary N) is 1. The summed E-state index contributed by atoms with van der Waals surface area (Å²) < 4.78 is 4.99. The van der Waals surface area contributed by atoms with Gasteiger partial charge in [-0.1, -0.05) is 12.8 Å². The van der Waals surface area contributed by atoms with Crippen LogP contribution < -0.4 is 5.32 Å². The SMILES string of the molecule is COC(=O)C(C)(CCCN1CCCCCC1)NC1CC1. The molecule has 4 nitrogen and oxygen atoms in total. The summed E-state index contributed by atoms with van der Waals surface area (Å²) >= 11 is 0. The zero-order valence-electron chi connectivity index (χ0n) is 13.1. The smallest absolute Gasteiger partial charge is 0.325 e. The Hall–Kier alpha value is -0.610. The van der Waals surface area contributed by atoms with Crippen molar-refractivity contribution in [1.29, 1.82) is 0 Å². The molecule has 1 aliphatic heterocycles. The number of carbonyl (C=O) groups is 1. The normalized spacial score (nSPS) is 23.9. The van der Waals surface area contributed by atoms with E-state index in [4.69, 9.17) is 4.74 Å². The lowest BCUT2D eigenvalue weighted by Crippen LogP contribution is -2.51. The van der Waals surface area contributed by atoms with Crippen LogP contribution in [0.5, 0.6) is 0 Å². The fraction of sp³-hybridized carbons (Fsp3) is 0.938. The van der Waals surface area contributed by atoms with Crippen LogP contribution in [0.3, 0.4) is 0 Å². The Morgan fingerprint density at radius 2 is 1.90 bits per heavy atom. The molecule has 0 aromatic heterocycles. The quantitative estimate of drug-likeness (QED) is 0.728. The van der Waals surface area contributed by atoms with E-state index in [0.717, 1.165) is 19.4 Å². The molecule has 0 aromatic rings. The molecule has 1 saturated heterocycles. The molecular formula is C16H30N2O2. The van der Waals surface area contributed by atoms with Crippen molar-refractivity contribution >= 4 is 5.97 Å². The van der Waals surface area contributed by atoms with Crippen LogP contribution in [0.2, 0.25) is 0 Å². The lowest BCUT2D eigenvalue weighted by atomic mass is 9.95. The van der Waals surface area contributed by atoms with Gasteiger partial charge in [0.05, 0.1) is 7.11 Å². The Morgan fingerprint density at radius 3 is 2.45 bits per heavy atom. The van der Waals surface area contributed by atoms with Crippen LogP contribution in [0.4, 0.5) is 0 Å². The predicted molar refractivity (Wildman–Crippen MR) is 80.7 cm³/mol. The highest BCUT2D eigenvalue weighted by Crippen LogP contribution is 2.26. The summed E-state index contributed by atoms with van der Waals surface area (Å²) in [6.45, 7) is 5.56. The molecule has 0 spiro atoms. The molecule has 1 atom stereocenters. The topological polar surface area (TPSA) is 41.6 Å². The molecule has 1 saturated carbocycles. The first-order chi connectivity index (χ1) is 9.64. The molecule has 1 unspecified atom stereocenters. The van der Waals surface area contributed by atoms with Crippen LogP contribution in [0.25, 0.3) is 0 Å². The van der Waals surface area contributed by atoms with Crippen molar-refractivity contribution in [2.45, 2.75) is 69.9 Å². The van der Waals surface area contributed by atoms with Crippen molar-refractivity contribution in [2.75, 3.05) is 26.7 Å². The number of rotatable bonds is 7. The van der Waals surface area contributed by atoms with E-state index in [1.165, 1.54) is 58.7 Å². The third-order valence-corrected chi connectivity index (χ3v) is 4.59. The molecule has 0 radical (unpaired) electrons. The lowest BCUT2D eigenvalue weighted by molar-refractivity contribution is -0.148. The second-order valence-corrected chi connectivity index (χ2v) is 6.60. The maximum absolute atomic E-state index is 12.0. The molecule has 1 aliphatic carbocycles. The summed E-state index contributed by atoms with van der Waals surface area (Å²) in [6.07, 6.45) is 9.72. The second kappa shape index (κ2) is 7.41. The number of ether oxygens (including phenoxy) is 1. The largest absolute Gasteiger partial charge is 0.468 e. The molecule has 116 valence electrons. The highest BCUT2D eigenvalue weighted by atomic mass is 16.5. The first-order valence-electron chi connectivity index (χ1n) is 8.22. The molecule has 1 heterocycles. The number of carbonyl (C=O) groups excluding carboxylic acids is 1. The monoisotopic (exact) mass is 282 g/mol. The fourth-order valence-electron chi connectivity index (χ4n) is 3.15. The van der Waals surface area contributed by atoms with Gasteiger partial charge in [0.25, 0.3) is 0 Å². The summed E-state index contributed by atoms with van der Waals surface area (Å²) in [5.74, 6) is -0.111. The van der Waals surface area contributed by atoms with E-state index in [1.807, 2.05) is 6.92 Å². The highest BCUT2D eigenvalue weighted by Gasteiger charge is 2.38. The van der Waals surface area contributed by atoms with E-state index in [9.17, 15) is 4.79 Å². The van der Waals surface area contributed by atoms with Crippen LogP contribution in [0.1, 0.15) is 58.3 Å². The number of methoxy groups -OCH3 is 1. The Bertz CT molecular complexity index is 310. The third-order valence-electron chi connectivity index (χ3n) is 4.59. The van der Waals surface area contributed by atoms with E-state index in [2.05, 4.69) is 10.2 Å². The van der Waals surface area contributed by atoms with E-state index in [1.54, 1.807) is 0 Å². The fourth-order valence-corrected chi connectivity index (χ4v) is 3.15. The summed E-state index contributed by atoms with van der Waals surface area (Å²) in [7, 11) is 1.49. The van der Waals surface area contributed by atoms with Gasteiger partial charge in [-0.25, -0.2) is 0 Å². The molecule has 2 fully saturated rings. The molecule has 0 bridgehead atoms. The van der Waals surface area contributed by atoms with Crippen molar-refractivity contribution in [1.82, 2.24) is 10.2 Å². The molecule has 0 aromatic carbocycles. The van der Waals surface area contributed by atoms with Crippen molar-refractivity contribution in [3.8, 4) is 0 Å². The van der Waals surface area contributed by atoms with Gasteiger partial charge >= 0.3 is 5.97 Å². The maximum Gasteiger partial charge on any atom is 0.325 e. The summed E-state index contributed by atoms with van der Waals surface area (Å²) in [5, 5.41) is 3.48. The lowest BCUT2D eigenvalue weighted by Gasteiger charge is -2.29. The van der Waals surface area contributed by atoms with E-state index < -0.39 is 5.54 Å². The number of hydrogen-bond acceptors (Lipinski definition) is 4. The van der Waals surface area contributed by atoms with Crippen molar-refractivity contribution in [3.05, 3.63) is 0 Å². The molecule has 4 heteroatoms. The first-order valence-corrected chi connectivity index (χ1v) is 8.22. The Kier molecular flexibility index (Phi) is 5.85. The Balaban J connectivity index is 1.76. The number of esters is 1. The second-order valence-electron chi connectivity index (χ2n) is 6.60.